The molecule has 116 valence electrons. The quantitative estimate of drug-likeness (QED) is 0.465. The molecule has 0 spiro atoms. The van der Waals surface area contributed by atoms with E-state index in [1.54, 1.807) is 12.1 Å². The molecule has 1 aliphatic rings. The summed E-state index contributed by atoms with van der Waals surface area (Å²) in [6, 6.07) is 11.3. The molecular formula is C17H15N3O3. The molecule has 0 bridgehead atoms. The van der Waals surface area contributed by atoms with Crippen LogP contribution in [0, 0.1) is 0 Å². The molecule has 2 aromatic carbocycles. The fraction of sp³-hybridized carbons (Fsp3) is 0.176. The second-order valence-electron chi connectivity index (χ2n) is 5.57. The molecule has 2 aromatic heterocycles. The third-order valence-electron chi connectivity index (χ3n) is 4.10. The van der Waals surface area contributed by atoms with E-state index in [1.807, 2.05) is 18.2 Å². The lowest BCUT2D eigenvalue weighted by atomic mass is 10.1. The van der Waals surface area contributed by atoms with E-state index in [9.17, 15) is 9.59 Å². The van der Waals surface area contributed by atoms with Crippen molar-refractivity contribution in [3.63, 3.8) is 0 Å². The number of aromatic nitrogens is 3. The largest absolute Gasteiger partial charge is 0.417 e. The van der Waals surface area contributed by atoms with E-state index in [4.69, 9.17) is 4.42 Å². The van der Waals surface area contributed by atoms with Gasteiger partial charge in [0.1, 0.15) is 0 Å². The maximum atomic E-state index is 11.1. The van der Waals surface area contributed by atoms with Crippen LogP contribution < -0.4 is 11.4 Å². The Kier molecular flexibility index (Phi) is 3.15. The van der Waals surface area contributed by atoms with E-state index in [0.717, 1.165) is 29.4 Å². The molecule has 0 radical (unpaired) electrons. The van der Waals surface area contributed by atoms with Crippen LogP contribution in [-0.2, 0) is 12.8 Å². The number of H-pyrrole nitrogens is 3. The molecule has 0 atom stereocenters. The van der Waals surface area contributed by atoms with Crippen LogP contribution in [0.5, 0.6) is 0 Å². The predicted molar refractivity (Wildman–Crippen MR) is 87.8 cm³/mol. The molecule has 5 rings (SSSR count). The van der Waals surface area contributed by atoms with Crippen LogP contribution in [-0.4, -0.2) is 15.0 Å². The Morgan fingerprint density at radius 3 is 2.61 bits per heavy atom. The molecule has 1 aliphatic carbocycles. The van der Waals surface area contributed by atoms with E-state index in [-0.39, 0.29) is 5.69 Å². The van der Waals surface area contributed by atoms with E-state index in [0.29, 0.717) is 5.58 Å². The summed E-state index contributed by atoms with van der Waals surface area (Å²) >= 11 is 0. The topological polar surface area (TPSA) is 94.6 Å². The van der Waals surface area contributed by atoms with Crippen molar-refractivity contribution in [1.29, 1.82) is 0 Å². The summed E-state index contributed by atoms with van der Waals surface area (Å²) in [4.78, 5) is 29.8. The van der Waals surface area contributed by atoms with Crippen molar-refractivity contribution in [1.82, 2.24) is 15.0 Å². The molecular weight excluding hydrogens is 294 g/mol. The lowest BCUT2D eigenvalue weighted by Crippen LogP contribution is -1.99. The molecule has 0 amide bonds. The van der Waals surface area contributed by atoms with Crippen LogP contribution in [0.1, 0.15) is 17.5 Å². The molecule has 0 fully saturated rings. The van der Waals surface area contributed by atoms with Crippen molar-refractivity contribution in [3.05, 3.63) is 68.6 Å². The number of nitrogens with one attached hydrogen (secondary N) is 3. The third kappa shape index (κ3) is 2.48. The Morgan fingerprint density at radius 1 is 0.870 bits per heavy atom. The van der Waals surface area contributed by atoms with Crippen molar-refractivity contribution in [2.75, 3.05) is 0 Å². The maximum absolute atomic E-state index is 11.1. The number of para-hydroxylation sites is 2. The monoisotopic (exact) mass is 309 g/mol. The lowest BCUT2D eigenvalue weighted by Gasteiger charge is -1.98. The van der Waals surface area contributed by atoms with Crippen LogP contribution >= 0.6 is 0 Å². The van der Waals surface area contributed by atoms with Gasteiger partial charge in [-0.05, 0) is 48.6 Å². The van der Waals surface area contributed by atoms with Gasteiger partial charge in [-0.3, -0.25) is 4.98 Å². The van der Waals surface area contributed by atoms with Gasteiger partial charge in [-0.25, -0.2) is 9.59 Å². The molecule has 0 saturated carbocycles. The van der Waals surface area contributed by atoms with Crippen molar-refractivity contribution in [2.45, 2.75) is 19.3 Å². The Hall–Kier alpha value is -3.02. The van der Waals surface area contributed by atoms with Gasteiger partial charge in [-0.2, -0.15) is 0 Å². The minimum Gasteiger partial charge on any atom is -0.408 e. The molecule has 23 heavy (non-hydrogen) atoms. The molecule has 3 N–H and O–H groups in total. The molecule has 6 heteroatoms. The first-order valence-corrected chi connectivity index (χ1v) is 7.51. The molecule has 0 saturated heterocycles. The normalized spacial score (nSPS) is 13.0. The van der Waals surface area contributed by atoms with E-state index >= 15 is 0 Å². The standard InChI is InChI=1S/C10H10N2O.C7H5NO2/c13-10-11-8-5-4-6-2-1-3-7(6)9(8)12-10;9-7-8-5-3-1-2-4-6(5)10-7/h4-5H,1-3H2,(H2,11,12,13);1-4H,(H,8,9). The summed E-state index contributed by atoms with van der Waals surface area (Å²) < 4.78 is 4.76. The zero-order valence-electron chi connectivity index (χ0n) is 12.3. The van der Waals surface area contributed by atoms with Crippen LogP contribution in [0.15, 0.2) is 50.4 Å². The Balaban J connectivity index is 0.000000122. The Morgan fingerprint density at radius 2 is 1.74 bits per heavy atom. The Labute approximate surface area is 130 Å². The minimum absolute atomic E-state index is 0.102. The second-order valence-corrected chi connectivity index (χ2v) is 5.57. The molecule has 4 aromatic rings. The van der Waals surface area contributed by atoms with Gasteiger partial charge in [-0.15, -0.1) is 0 Å². The summed E-state index contributed by atoms with van der Waals surface area (Å²) in [5.41, 5.74) is 5.92. The number of hydrogen-bond donors (Lipinski definition) is 3. The summed E-state index contributed by atoms with van der Waals surface area (Å²) in [7, 11) is 0. The van der Waals surface area contributed by atoms with Crippen molar-refractivity contribution in [3.8, 4) is 0 Å². The number of benzene rings is 2. The average Bonchev–Trinajstić information content (AvgIpc) is 3.21. The zero-order chi connectivity index (χ0) is 15.8. The van der Waals surface area contributed by atoms with Crippen LogP contribution in [0.4, 0.5) is 0 Å². The fourth-order valence-corrected chi connectivity index (χ4v) is 3.07. The smallest absolute Gasteiger partial charge is 0.408 e. The summed E-state index contributed by atoms with van der Waals surface area (Å²) in [6.07, 6.45) is 3.46. The first kappa shape index (κ1) is 13.6. The molecule has 6 nitrogen and oxygen atoms in total. The first-order valence-electron chi connectivity index (χ1n) is 7.51. The number of hydrogen-bond acceptors (Lipinski definition) is 3. The number of oxazole rings is 1. The highest BCUT2D eigenvalue weighted by Gasteiger charge is 2.14. The highest BCUT2D eigenvalue weighted by molar-refractivity contribution is 5.80. The number of aryl methyl sites for hydroxylation is 2. The van der Waals surface area contributed by atoms with Crippen molar-refractivity contribution >= 4 is 22.1 Å². The third-order valence-corrected chi connectivity index (χ3v) is 4.10. The zero-order valence-corrected chi connectivity index (χ0v) is 12.3. The molecule has 0 unspecified atom stereocenters. The van der Waals surface area contributed by atoms with Crippen LogP contribution in [0.3, 0.4) is 0 Å². The van der Waals surface area contributed by atoms with Gasteiger partial charge >= 0.3 is 11.4 Å². The number of fused-ring (bicyclic) bond motifs is 4. The van der Waals surface area contributed by atoms with Gasteiger partial charge in [0.15, 0.2) is 5.58 Å². The highest BCUT2D eigenvalue weighted by atomic mass is 16.4. The van der Waals surface area contributed by atoms with Gasteiger partial charge in [0.25, 0.3) is 0 Å². The molecule has 0 aliphatic heterocycles. The van der Waals surface area contributed by atoms with Gasteiger partial charge in [0, 0.05) is 0 Å². The SMILES string of the molecule is O=c1[nH]c2ccc3c(c2[nH]1)CCC3.O=c1[nH]c2ccccc2o1. The van der Waals surface area contributed by atoms with Crippen LogP contribution in [0.2, 0.25) is 0 Å². The van der Waals surface area contributed by atoms with Crippen molar-refractivity contribution < 1.29 is 4.42 Å². The van der Waals surface area contributed by atoms with Crippen molar-refractivity contribution in [2.24, 2.45) is 0 Å². The van der Waals surface area contributed by atoms with E-state index < -0.39 is 5.76 Å². The maximum Gasteiger partial charge on any atom is 0.417 e. The van der Waals surface area contributed by atoms with E-state index in [1.165, 1.54) is 17.5 Å². The predicted octanol–water partition coefficient (Wildman–Crippen LogP) is 2.47. The minimum atomic E-state index is -0.402. The summed E-state index contributed by atoms with van der Waals surface area (Å²) in [6.45, 7) is 0. The van der Waals surface area contributed by atoms with E-state index in [2.05, 4.69) is 21.0 Å². The van der Waals surface area contributed by atoms with Gasteiger partial charge in [-0.1, -0.05) is 18.2 Å². The summed E-state index contributed by atoms with van der Waals surface area (Å²) in [5.74, 6) is -0.402. The van der Waals surface area contributed by atoms with Crippen LogP contribution in [0.25, 0.3) is 22.1 Å². The highest BCUT2D eigenvalue weighted by Crippen LogP contribution is 2.26. The average molecular weight is 309 g/mol. The van der Waals surface area contributed by atoms with Gasteiger partial charge in [0.05, 0.1) is 16.6 Å². The van der Waals surface area contributed by atoms with Gasteiger partial charge < -0.3 is 14.4 Å². The fourth-order valence-electron chi connectivity index (χ4n) is 3.07. The first-order chi connectivity index (χ1) is 11.2. The Bertz CT molecular complexity index is 1060. The number of aromatic amines is 3. The van der Waals surface area contributed by atoms with Gasteiger partial charge in [0.2, 0.25) is 0 Å². The second kappa shape index (κ2) is 5.31. The molecule has 2 heterocycles. The summed E-state index contributed by atoms with van der Waals surface area (Å²) in [5, 5.41) is 0. The number of rotatable bonds is 0. The number of imidazole rings is 1. The lowest BCUT2D eigenvalue weighted by molar-refractivity contribution is 0.555.